The molecule has 0 spiro atoms. The minimum Gasteiger partial charge on any atom is -0.327 e. The summed E-state index contributed by atoms with van der Waals surface area (Å²) in [6.45, 7) is 1.98. The normalized spacial score (nSPS) is 14.1. The quantitative estimate of drug-likeness (QED) is 0.840. The van der Waals surface area contributed by atoms with Gasteiger partial charge < -0.3 is 5.73 Å². The Morgan fingerprint density at radius 1 is 1.16 bits per heavy atom. The summed E-state index contributed by atoms with van der Waals surface area (Å²) < 4.78 is 0. The molecule has 1 aromatic heterocycles. The molecule has 2 nitrogen and oxygen atoms in total. The van der Waals surface area contributed by atoms with Gasteiger partial charge in [-0.3, -0.25) is 0 Å². The van der Waals surface area contributed by atoms with Crippen LogP contribution in [0.25, 0.3) is 0 Å². The van der Waals surface area contributed by atoms with E-state index >= 15 is 0 Å². The Labute approximate surface area is 127 Å². The molecule has 0 aliphatic carbocycles. The lowest BCUT2D eigenvalue weighted by Crippen LogP contribution is -2.22. The molecular weight excluding hydrogens is 299 g/mol. The first-order valence-corrected chi connectivity index (χ1v) is 7.49. The van der Waals surface area contributed by atoms with Crippen LogP contribution in [0.15, 0.2) is 47.6 Å². The van der Waals surface area contributed by atoms with Gasteiger partial charge >= 0.3 is 0 Å². The fraction of sp³-hybridized carbons (Fsp3) is 0.214. The highest BCUT2D eigenvalue weighted by Gasteiger charge is 2.19. The Kier molecular flexibility index (Phi) is 5.11. The number of hydrogen-bond acceptors (Lipinski definition) is 3. The third-order valence-electron chi connectivity index (χ3n) is 2.64. The highest BCUT2D eigenvalue weighted by Crippen LogP contribution is 2.39. The third kappa shape index (κ3) is 3.86. The van der Waals surface area contributed by atoms with Gasteiger partial charge in [-0.05, 0) is 36.8 Å². The summed E-state index contributed by atoms with van der Waals surface area (Å²) in [7, 11) is 0. The maximum absolute atomic E-state index is 6.14. The lowest BCUT2D eigenvalue weighted by molar-refractivity contribution is 0.720. The lowest BCUT2D eigenvalue weighted by atomic mass is 10.1. The Hall–Kier alpha value is -0.740. The zero-order valence-corrected chi connectivity index (χ0v) is 12.7. The average molecular weight is 313 g/mol. The zero-order chi connectivity index (χ0) is 13.8. The van der Waals surface area contributed by atoms with Crippen LogP contribution in [0, 0.1) is 0 Å². The second-order valence-corrected chi connectivity index (χ2v) is 6.21. The molecule has 0 saturated carbocycles. The van der Waals surface area contributed by atoms with Crippen LogP contribution in [0.5, 0.6) is 0 Å². The Balaban J connectivity index is 2.26. The van der Waals surface area contributed by atoms with Gasteiger partial charge in [0.05, 0.1) is 10.3 Å². The second kappa shape index (κ2) is 6.62. The molecule has 1 aromatic carbocycles. The van der Waals surface area contributed by atoms with Crippen molar-refractivity contribution in [3.63, 3.8) is 0 Å². The summed E-state index contributed by atoms with van der Waals surface area (Å²) >= 11 is 13.6. The number of nitrogens with zero attached hydrogens (tertiary/aromatic N) is 1. The largest absolute Gasteiger partial charge is 0.327 e. The lowest BCUT2D eigenvalue weighted by Gasteiger charge is -2.20. The summed E-state index contributed by atoms with van der Waals surface area (Å²) in [6.07, 6.45) is 1.73. The highest BCUT2D eigenvalue weighted by atomic mass is 35.5. The molecule has 0 aliphatic heterocycles. The van der Waals surface area contributed by atoms with Crippen molar-refractivity contribution in [2.45, 2.75) is 23.2 Å². The van der Waals surface area contributed by atoms with E-state index in [0.717, 1.165) is 10.6 Å². The number of thioether (sulfide) groups is 1. The standard InChI is InChI=1S/C14H14Cl2N2S/c1-9(17)13(10-4-6-11(15)7-5-10)19-14-12(16)3-2-8-18-14/h2-9,13H,17H2,1H3. The van der Waals surface area contributed by atoms with E-state index in [9.17, 15) is 0 Å². The summed E-state index contributed by atoms with van der Waals surface area (Å²) in [6, 6.07) is 11.3. The van der Waals surface area contributed by atoms with Gasteiger partial charge in [0.25, 0.3) is 0 Å². The predicted molar refractivity (Wildman–Crippen MR) is 82.9 cm³/mol. The molecule has 5 heteroatoms. The Morgan fingerprint density at radius 3 is 2.42 bits per heavy atom. The molecule has 1 heterocycles. The van der Waals surface area contributed by atoms with Crippen LogP contribution in [0.1, 0.15) is 17.7 Å². The molecule has 2 rings (SSSR count). The molecule has 0 fully saturated rings. The molecule has 2 atom stereocenters. The first-order valence-electron chi connectivity index (χ1n) is 5.86. The van der Waals surface area contributed by atoms with Crippen molar-refractivity contribution in [3.8, 4) is 0 Å². The number of rotatable bonds is 4. The number of nitrogens with two attached hydrogens (primary N) is 1. The summed E-state index contributed by atoms with van der Waals surface area (Å²) in [5, 5.41) is 2.24. The minimum absolute atomic E-state index is 0.0238. The predicted octanol–water partition coefficient (Wildman–Crippen LogP) is 4.57. The van der Waals surface area contributed by atoms with Crippen LogP contribution in [0.3, 0.4) is 0 Å². The number of halogens is 2. The van der Waals surface area contributed by atoms with E-state index in [-0.39, 0.29) is 11.3 Å². The van der Waals surface area contributed by atoms with Crippen LogP contribution in [0.2, 0.25) is 10.0 Å². The van der Waals surface area contributed by atoms with Crippen LogP contribution >= 0.6 is 35.0 Å². The van der Waals surface area contributed by atoms with Crippen molar-refractivity contribution < 1.29 is 0 Å². The molecule has 100 valence electrons. The number of hydrogen-bond donors (Lipinski definition) is 1. The van der Waals surface area contributed by atoms with Crippen LogP contribution in [0.4, 0.5) is 0 Å². The van der Waals surface area contributed by atoms with Gasteiger partial charge in [-0.15, -0.1) is 0 Å². The van der Waals surface area contributed by atoms with E-state index in [1.165, 1.54) is 0 Å². The Bertz CT molecular complexity index is 543. The maximum atomic E-state index is 6.14. The van der Waals surface area contributed by atoms with Gasteiger partial charge in [-0.25, -0.2) is 4.98 Å². The van der Waals surface area contributed by atoms with Crippen LogP contribution in [-0.2, 0) is 0 Å². The first kappa shape index (κ1) is 14.7. The van der Waals surface area contributed by atoms with Gasteiger partial charge in [0.1, 0.15) is 5.03 Å². The van der Waals surface area contributed by atoms with Gasteiger partial charge in [-0.1, -0.05) is 47.1 Å². The van der Waals surface area contributed by atoms with Crippen LogP contribution in [-0.4, -0.2) is 11.0 Å². The zero-order valence-electron chi connectivity index (χ0n) is 10.4. The molecule has 2 aromatic rings. The minimum atomic E-state index is -0.0238. The van der Waals surface area contributed by atoms with Crippen molar-refractivity contribution in [3.05, 3.63) is 58.2 Å². The highest BCUT2D eigenvalue weighted by molar-refractivity contribution is 7.99. The van der Waals surface area contributed by atoms with E-state index in [1.807, 2.05) is 43.3 Å². The van der Waals surface area contributed by atoms with Crippen molar-refractivity contribution in [1.29, 1.82) is 0 Å². The van der Waals surface area contributed by atoms with Gasteiger partial charge in [0.15, 0.2) is 0 Å². The molecule has 0 amide bonds. The summed E-state index contributed by atoms with van der Waals surface area (Å²) in [5.74, 6) is 0. The average Bonchev–Trinajstić information content (AvgIpc) is 2.39. The number of benzene rings is 1. The molecule has 2 unspecified atom stereocenters. The van der Waals surface area contributed by atoms with Gasteiger partial charge in [0, 0.05) is 17.3 Å². The molecule has 0 bridgehead atoms. The van der Waals surface area contributed by atoms with Crippen molar-refractivity contribution in [2.24, 2.45) is 5.73 Å². The fourth-order valence-electron chi connectivity index (χ4n) is 1.71. The van der Waals surface area contributed by atoms with E-state index in [0.29, 0.717) is 10.0 Å². The maximum Gasteiger partial charge on any atom is 0.115 e. The van der Waals surface area contributed by atoms with E-state index in [2.05, 4.69) is 4.98 Å². The van der Waals surface area contributed by atoms with Gasteiger partial charge in [0.2, 0.25) is 0 Å². The topological polar surface area (TPSA) is 38.9 Å². The number of aromatic nitrogens is 1. The fourth-order valence-corrected chi connectivity index (χ4v) is 3.14. The van der Waals surface area contributed by atoms with E-state index in [4.69, 9.17) is 28.9 Å². The summed E-state index contributed by atoms with van der Waals surface area (Å²) in [5.41, 5.74) is 7.20. The van der Waals surface area contributed by atoms with E-state index in [1.54, 1.807) is 18.0 Å². The van der Waals surface area contributed by atoms with E-state index < -0.39 is 0 Å². The molecular formula is C14H14Cl2N2S. The molecule has 0 saturated heterocycles. The SMILES string of the molecule is CC(N)C(Sc1ncccc1Cl)c1ccc(Cl)cc1. The third-order valence-corrected chi connectivity index (χ3v) is 4.81. The van der Waals surface area contributed by atoms with Crippen molar-refractivity contribution >= 4 is 35.0 Å². The van der Waals surface area contributed by atoms with Crippen molar-refractivity contribution in [2.75, 3.05) is 0 Å². The number of pyridine rings is 1. The Morgan fingerprint density at radius 2 is 1.84 bits per heavy atom. The molecule has 2 N–H and O–H groups in total. The summed E-state index contributed by atoms with van der Waals surface area (Å²) in [4.78, 5) is 4.29. The monoisotopic (exact) mass is 312 g/mol. The molecule has 0 aliphatic rings. The van der Waals surface area contributed by atoms with Crippen molar-refractivity contribution in [1.82, 2.24) is 4.98 Å². The molecule has 0 radical (unpaired) electrons. The first-order chi connectivity index (χ1) is 9.08. The second-order valence-electron chi connectivity index (χ2n) is 4.24. The smallest absolute Gasteiger partial charge is 0.115 e. The van der Waals surface area contributed by atoms with Crippen LogP contribution < -0.4 is 5.73 Å². The van der Waals surface area contributed by atoms with Gasteiger partial charge in [-0.2, -0.15) is 0 Å². The molecule has 19 heavy (non-hydrogen) atoms.